The second-order valence-electron chi connectivity index (χ2n) is 4.79. The highest BCUT2D eigenvalue weighted by Crippen LogP contribution is 2.35. The van der Waals surface area contributed by atoms with Gasteiger partial charge in [0.2, 0.25) is 5.95 Å². The Kier molecular flexibility index (Phi) is 2.55. The van der Waals surface area contributed by atoms with E-state index in [1.807, 2.05) is 4.57 Å². The van der Waals surface area contributed by atoms with Gasteiger partial charge in [-0.15, -0.1) is 0 Å². The lowest BCUT2D eigenvalue weighted by molar-refractivity contribution is 0.226. The van der Waals surface area contributed by atoms with Crippen LogP contribution in [0, 0.1) is 5.92 Å². The SMILES string of the molecule is Nc1nc2c(ncn2[C@H]2CC[C@@H](CO)C2)c(=O)[nH]1. The number of H-pyrrole nitrogens is 1. The molecule has 7 heteroatoms. The van der Waals surface area contributed by atoms with Crippen molar-refractivity contribution in [3.8, 4) is 0 Å². The molecular formula is C11H15N5O2. The summed E-state index contributed by atoms with van der Waals surface area (Å²) in [5.74, 6) is 0.428. The topological polar surface area (TPSA) is 110 Å². The van der Waals surface area contributed by atoms with Gasteiger partial charge in [0.1, 0.15) is 0 Å². The van der Waals surface area contributed by atoms with Crippen LogP contribution in [0.5, 0.6) is 0 Å². The number of aliphatic hydroxyl groups excluding tert-OH is 1. The summed E-state index contributed by atoms with van der Waals surface area (Å²) in [6.45, 7) is 0.208. The predicted molar refractivity (Wildman–Crippen MR) is 66.0 cm³/mol. The summed E-state index contributed by atoms with van der Waals surface area (Å²) in [7, 11) is 0. The van der Waals surface area contributed by atoms with Crippen LogP contribution in [0.1, 0.15) is 25.3 Å². The number of nitrogen functional groups attached to an aromatic ring is 1. The predicted octanol–water partition coefficient (Wildman–Crippen LogP) is 0.0353. The molecule has 1 aliphatic rings. The number of aliphatic hydroxyl groups is 1. The van der Waals surface area contributed by atoms with Gasteiger partial charge in [-0.3, -0.25) is 9.78 Å². The molecule has 0 radical (unpaired) electrons. The minimum absolute atomic E-state index is 0.103. The van der Waals surface area contributed by atoms with Crippen molar-refractivity contribution < 1.29 is 5.11 Å². The molecule has 2 atom stereocenters. The number of anilines is 1. The van der Waals surface area contributed by atoms with Gasteiger partial charge in [0, 0.05) is 12.6 Å². The fourth-order valence-corrected chi connectivity index (χ4v) is 2.68. The van der Waals surface area contributed by atoms with E-state index in [-0.39, 0.29) is 24.2 Å². The van der Waals surface area contributed by atoms with Crippen molar-refractivity contribution in [1.82, 2.24) is 19.5 Å². The maximum absolute atomic E-state index is 11.7. The largest absolute Gasteiger partial charge is 0.396 e. The lowest BCUT2D eigenvalue weighted by Crippen LogP contribution is -2.13. The van der Waals surface area contributed by atoms with Crippen LogP contribution in [0.3, 0.4) is 0 Å². The van der Waals surface area contributed by atoms with Gasteiger partial charge in [0.25, 0.3) is 5.56 Å². The monoisotopic (exact) mass is 249 g/mol. The summed E-state index contributed by atoms with van der Waals surface area (Å²) in [5.41, 5.74) is 6.09. The Labute approximate surface area is 103 Å². The standard InChI is InChI=1S/C11H15N5O2/c12-11-14-9-8(10(18)15-11)13-5-16(9)7-2-1-6(3-7)4-17/h5-7,17H,1-4H2,(H3,12,14,15,18)/t6-,7+/m1/s1. The number of rotatable bonds is 2. The van der Waals surface area contributed by atoms with Crippen LogP contribution in [-0.4, -0.2) is 31.2 Å². The summed E-state index contributed by atoms with van der Waals surface area (Å²) < 4.78 is 1.90. The average Bonchev–Trinajstić information content (AvgIpc) is 2.93. The molecule has 1 fully saturated rings. The molecule has 0 saturated heterocycles. The first kappa shape index (κ1) is 11.2. The van der Waals surface area contributed by atoms with E-state index in [2.05, 4.69) is 15.0 Å². The minimum Gasteiger partial charge on any atom is -0.396 e. The first-order valence-corrected chi connectivity index (χ1v) is 6.02. The lowest BCUT2D eigenvalue weighted by Gasteiger charge is -2.12. The Hall–Kier alpha value is -1.89. The van der Waals surface area contributed by atoms with E-state index in [1.54, 1.807) is 6.33 Å². The third-order valence-electron chi connectivity index (χ3n) is 3.62. The molecule has 0 unspecified atom stereocenters. The molecule has 0 spiro atoms. The van der Waals surface area contributed by atoms with Gasteiger partial charge in [0.05, 0.1) is 6.33 Å². The summed E-state index contributed by atoms with van der Waals surface area (Å²) in [6, 6.07) is 0.237. The number of hydrogen-bond donors (Lipinski definition) is 3. The quantitative estimate of drug-likeness (QED) is 0.695. The molecule has 18 heavy (non-hydrogen) atoms. The zero-order valence-electron chi connectivity index (χ0n) is 9.83. The number of nitrogens with zero attached hydrogens (tertiary/aromatic N) is 3. The second-order valence-corrected chi connectivity index (χ2v) is 4.79. The van der Waals surface area contributed by atoms with Gasteiger partial charge in [-0.2, -0.15) is 4.98 Å². The molecule has 96 valence electrons. The van der Waals surface area contributed by atoms with Gasteiger partial charge < -0.3 is 15.4 Å². The van der Waals surface area contributed by atoms with E-state index in [1.165, 1.54) is 0 Å². The average molecular weight is 249 g/mol. The molecule has 3 rings (SSSR count). The Morgan fingerprint density at radius 3 is 3.11 bits per heavy atom. The van der Waals surface area contributed by atoms with E-state index in [4.69, 9.17) is 10.8 Å². The van der Waals surface area contributed by atoms with Crippen LogP contribution in [0.25, 0.3) is 11.2 Å². The van der Waals surface area contributed by atoms with Crippen molar-refractivity contribution in [2.45, 2.75) is 25.3 Å². The van der Waals surface area contributed by atoms with Crippen LogP contribution in [-0.2, 0) is 0 Å². The maximum Gasteiger partial charge on any atom is 0.280 e. The van der Waals surface area contributed by atoms with Crippen molar-refractivity contribution in [2.24, 2.45) is 5.92 Å². The second kappa shape index (κ2) is 4.09. The fraction of sp³-hybridized carbons (Fsp3) is 0.545. The zero-order valence-corrected chi connectivity index (χ0v) is 9.83. The third-order valence-corrected chi connectivity index (χ3v) is 3.62. The number of imidazole rings is 1. The number of hydrogen-bond acceptors (Lipinski definition) is 5. The molecule has 2 aromatic heterocycles. The van der Waals surface area contributed by atoms with Crippen molar-refractivity contribution in [1.29, 1.82) is 0 Å². The Balaban J connectivity index is 2.05. The number of nitrogens with two attached hydrogens (primary N) is 1. The smallest absolute Gasteiger partial charge is 0.280 e. The first-order chi connectivity index (χ1) is 8.69. The highest BCUT2D eigenvalue weighted by Gasteiger charge is 2.27. The van der Waals surface area contributed by atoms with Crippen LogP contribution in [0.15, 0.2) is 11.1 Å². The van der Waals surface area contributed by atoms with Crippen molar-refractivity contribution in [2.75, 3.05) is 12.3 Å². The Morgan fingerprint density at radius 1 is 1.56 bits per heavy atom. The number of aromatic amines is 1. The van der Waals surface area contributed by atoms with Gasteiger partial charge >= 0.3 is 0 Å². The number of aromatic nitrogens is 4. The molecule has 0 aromatic carbocycles. The van der Waals surface area contributed by atoms with Crippen molar-refractivity contribution in [3.05, 3.63) is 16.7 Å². The number of nitrogens with one attached hydrogen (secondary N) is 1. The molecule has 0 aliphatic heterocycles. The molecule has 0 bridgehead atoms. The highest BCUT2D eigenvalue weighted by molar-refractivity contribution is 5.70. The molecule has 1 saturated carbocycles. The van der Waals surface area contributed by atoms with Crippen LogP contribution >= 0.6 is 0 Å². The first-order valence-electron chi connectivity index (χ1n) is 6.02. The number of fused-ring (bicyclic) bond motifs is 1. The Bertz CT molecular complexity index is 632. The minimum atomic E-state index is -0.312. The lowest BCUT2D eigenvalue weighted by atomic mass is 10.1. The molecule has 2 aromatic rings. The molecule has 7 nitrogen and oxygen atoms in total. The van der Waals surface area contributed by atoms with Gasteiger partial charge in [-0.05, 0) is 25.2 Å². The van der Waals surface area contributed by atoms with Crippen molar-refractivity contribution in [3.63, 3.8) is 0 Å². The summed E-state index contributed by atoms with van der Waals surface area (Å²) in [6.07, 6.45) is 4.47. The van der Waals surface area contributed by atoms with E-state index >= 15 is 0 Å². The van der Waals surface area contributed by atoms with Crippen LogP contribution in [0.4, 0.5) is 5.95 Å². The van der Waals surface area contributed by atoms with Crippen LogP contribution < -0.4 is 11.3 Å². The highest BCUT2D eigenvalue weighted by atomic mass is 16.3. The van der Waals surface area contributed by atoms with E-state index in [0.717, 1.165) is 19.3 Å². The summed E-state index contributed by atoms with van der Waals surface area (Å²) in [4.78, 5) is 22.3. The molecule has 0 amide bonds. The molecular weight excluding hydrogens is 234 g/mol. The van der Waals surface area contributed by atoms with E-state index in [0.29, 0.717) is 17.1 Å². The van der Waals surface area contributed by atoms with Crippen molar-refractivity contribution >= 4 is 17.1 Å². The maximum atomic E-state index is 11.7. The Morgan fingerprint density at radius 2 is 2.39 bits per heavy atom. The fourth-order valence-electron chi connectivity index (χ4n) is 2.68. The molecule has 2 heterocycles. The molecule has 4 N–H and O–H groups in total. The van der Waals surface area contributed by atoms with Crippen LogP contribution in [0.2, 0.25) is 0 Å². The normalized spacial score (nSPS) is 23.8. The zero-order chi connectivity index (χ0) is 12.7. The van der Waals surface area contributed by atoms with Gasteiger partial charge in [-0.1, -0.05) is 0 Å². The molecule has 1 aliphatic carbocycles. The summed E-state index contributed by atoms with van der Waals surface area (Å²) in [5, 5.41) is 9.17. The summed E-state index contributed by atoms with van der Waals surface area (Å²) >= 11 is 0. The van der Waals surface area contributed by atoms with Gasteiger partial charge in [0.15, 0.2) is 11.2 Å². The third kappa shape index (κ3) is 1.67. The van der Waals surface area contributed by atoms with Gasteiger partial charge in [-0.25, -0.2) is 4.98 Å². The van der Waals surface area contributed by atoms with E-state index < -0.39 is 0 Å². The van der Waals surface area contributed by atoms with E-state index in [9.17, 15) is 4.79 Å².